The third kappa shape index (κ3) is 5.09. The Morgan fingerprint density at radius 1 is 1.43 bits per heavy atom. The van der Waals surface area contributed by atoms with Gasteiger partial charge in [-0.15, -0.1) is 23.7 Å². The van der Waals surface area contributed by atoms with E-state index in [1.54, 1.807) is 11.3 Å². The number of thiophene rings is 1. The molecular weight excluding hydrogens is 352 g/mol. The number of fused-ring (bicyclic) bond motifs is 1. The third-order valence-electron chi connectivity index (χ3n) is 3.70. The molecule has 3 N–H and O–H groups in total. The number of hydrogen-bond acceptors (Lipinski definition) is 5. The van der Waals surface area contributed by atoms with Crippen molar-refractivity contribution in [3.63, 3.8) is 0 Å². The standard InChI is InChI=1S/C16H20N2O2S2.ClH/c19-13(15-7-11-3-1-2-4-14(11)22-15)9-18-16(20)8-12-10-21-6-5-17-12;/h1-4,7,12-13,17,19H,5-6,8-10H2,(H,18,20);1H. The Balaban J connectivity index is 0.00000192. The van der Waals surface area contributed by atoms with Crippen molar-refractivity contribution in [2.75, 3.05) is 24.6 Å². The van der Waals surface area contributed by atoms with Crippen LogP contribution >= 0.6 is 35.5 Å². The molecule has 2 unspecified atom stereocenters. The molecule has 2 aromatic rings. The first-order valence-electron chi connectivity index (χ1n) is 7.47. The van der Waals surface area contributed by atoms with E-state index in [-0.39, 0.29) is 30.9 Å². The Morgan fingerprint density at radius 2 is 2.26 bits per heavy atom. The predicted molar refractivity (Wildman–Crippen MR) is 101 cm³/mol. The minimum Gasteiger partial charge on any atom is -0.386 e. The van der Waals surface area contributed by atoms with Gasteiger partial charge in [-0.2, -0.15) is 11.8 Å². The zero-order valence-corrected chi connectivity index (χ0v) is 15.1. The molecule has 0 radical (unpaired) electrons. The zero-order chi connectivity index (χ0) is 15.4. The predicted octanol–water partition coefficient (Wildman–Crippen LogP) is 2.57. The molecule has 0 spiro atoms. The van der Waals surface area contributed by atoms with E-state index in [1.165, 1.54) is 0 Å². The summed E-state index contributed by atoms with van der Waals surface area (Å²) in [5, 5.41) is 17.6. The fourth-order valence-electron chi connectivity index (χ4n) is 2.52. The number of hydrogen-bond donors (Lipinski definition) is 3. The number of amides is 1. The Morgan fingerprint density at radius 3 is 3.00 bits per heavy atom. The van der Waals surface area contributed by atoms with E-state index < -0.39 is 6.10 Å². The molecule has 1 aromatic carbocycles. The molecule has 4 nitrogen and oxygen atoms in total. The summed E-state index contributed by atoms with van der Waals surface area (Å²) in [6.45, 7) is 1.23. The molecule has 0 aliphatic carbocycles. The first-order chi connectivity index (χ1) is 10.7. The monoisotopic (exact) mass is 372 g/mol. The first-order valence-corrected chi connectivity index (χ1v) is 9.44. The number of nitrogens with one attached hydrogen (secondary N) is 2. The van der Waals surface area contributed by atoms with Gasteiger partial charge >= 0.3 is 0 Å². The molecule has 1 aliphatic rings. The molecule has 1 aliphatic heterocycles. The van der Waals surface area contributed by atoms with Crippen LogP contribution in [0, 0.1) is 0 Å². The molecule has 0 saturated carbocycles. The molecule has 1 fully saturated rings. The second-order valence-corrected chi connectivity index (χ2v) is 7.70. The molecule has 0 bridgehead atoms. The second kappa shape index (κ2) is 8.89. The number of carbonyl (C=O) groups excluding carboxylic acids is 1. The highest BCUT2D eigenvalue weighted by atomic mass is 35.5. The third-order valence-corrected chi connectivity index (χ3v) is 6.04. The van der Waals surface area contributed by atoms with Gasteiger partial charge in [0.1, 0.15) is 6.10 Å². The highest BCUT2D eigenvalue weighted by molar-refractivity contribution is 7.99. The van der Waals surface area contributed by atoms with Crippen LogP contribution in [0.3, 0.4) is 0 Å². The van der Waals surface area contributed by atoms with Crippen molar-refractivity contribution >= 4 is 51.5 Å². The molecule has 7 heteroatoms. The van der Waals surface area contributed by atoms with Gasteiger partial charge in [-0.05, 0) is 17.5 Å². The highest BCUT2D eigenvalue weighted by Crippen LogP contribution is 2.29. The molecule has 126 valence electrons. The maximum absolute atomic E-state index is 12.0. The van der Waals surface area contributed by atoms with Crippen LogP contribution in [0.1, 0.15) is 17.4 Å². The average Bonchev–Trinajstić information content (AvgIpc) is 2.98. The van der Waals surface area contributed by atoms with Crippen LogP contribution in [-0.4, -0.2) is 41.7 Å². The number of rotatable bonds is 5. The van der Waals surface area contributed by atoms with Gasteiger partial charge in [0.25, 0.3) is 0 Å². The van der Waals surface area contributed by atoms with Gasteiger partial charge in [0, 0.05) is 46.6 Å². The fraction of sp³-hybridized carbons (Fsp3) is 0.438. The van der Waals surface area contributed by atoms with Crippen LogP contribution in [0.4, 0.5) is 0 Å². The van der Waals surface area contributed by atoms with Gasteiger partial charge in [0.05, 0.1) is 0 Å². The largest absolute Gasteiger partial charge is 0.386 e. The van der Waals surface area contributed by atoms with Crippen molar-refractivity contribution in [2.24, 2.45) is 0 Å². The van der Waals surface area contributed by atoms with Crippen LogP contribution in [0.2, 0.25) is 0 Å². The Hall–Kier alpha value is -0.790. The Bertz CT molecular complexity index is 611. The van der Waals surface area contributed by atoms with E-state index >= 15 is 0 Å². The summed E-state index contributed by atoms with van der Waals surface area (Å²) in [5.74, 6) is 2.09. The van der Waals surface area contributed by atoms with E-state index in [0.717, 1.165) is 33.0 Å². The lowest BCUT2D eigenvalue weighted by Crippen LogP contribution is -2.41. The number of halogens is 1. The van der Waals surface area contributed by atoms with Crippen LogP contribution in [0.15, 0.2) is 30.3 Å². The van der Waals surface area contributed by atoms with Gasteiger partial charge < -0.3 is 15.7 Å². The summed E-state index contributed by atoms with van der Waals surface area (Å²) >= 11 is 3.45. The van der Waals surface area contributed by atoms with Crippen LogP contribution in [0.5, 0.6) is 0 Å². The summed E-state index contributed by atoms with van der Waals surface area (Å²) in [7, 11) is 0. The lowest BCUT2D eigenvalue weighted by Gasteiger charge is -2.22. The zero-order valence-electron chi connectivity index (χ0n) is 12.7. The summed E-state index contributed by atoms with van der Waals surface area (Å²) in [6.07, 6.45) is -0.165. The van der Waals surface area contributed by atoms with Crippen molar-refractivity contribution in [3.05, 3.63) is 35.2 Å². The molecule has 1 aromatic heterocycles. The number of aliphatic hydroxyl groups excluding tert-OH is 1. The summed E-state index contributed by atoms with van der Waals surface area (Å²) in [6, 6.07) is 10.3. The summed E-state index contributed by atoms with van der Waals surface area (Å²) < 4.78 is 1.16. The lowest BCUT2D eigenvalue weighted by molar-refractivity contribution is -0.121. The van der Waals surface area contributed by atoms with Gasteiger partial charge in [0.2, 0.25) is 5.91 Å². The van der Waals surface area contributed by atoms with Crippen molar-refractivity contribution in [3.8, 4) is 0 Å². The van der Waals surface area contributed by atoms with Gasteiger partial charge in [-0.25, -0.2) is 0 Å². The molecule has 2 heterocycles. The quantitative estimate of drug-likeness (QED) is 0.754. The summed E-state index contributed by atoms with van der Waals surface area (Å²) in [5.41, 5.74) is 0. The second-order valence-electron chi connectivity index (χ2n) is 5.44. The number of aliphatic hydroxyl groups is 1. The maximum Gasteiger partial charge on any atom is 0.221 e. The number of carbonyl (C=O) groups is 1. The smallest absolute Gasteiger partial charge is 0.221 e. The minimum atomic E-state index is -0.643. The van der Waals surface area contributed by atoms with E-state index in [9.17, 15) is 9.90 Å². The lowest BCUT2D eigenvalue weighted by atomic mass is 10.2. The summed E-state index contributed by atoms with van der Waals surface area (Å²) in [4.78, 5) is 12.8. The minimum absolute atomic E-state index is 0. The highest BCUT2D eigenvalue weighted by Gasteiger charge is 2.18. The van der Waals surface area contributed by atoms with Gasteiger partial charge in [-0.3, -0.25) is 4.79 Å². The van der Waals surface area contributed by atoms with Gasteiger partial charge in [-0.1, -0.05) is 18.2 Å². The Labute approximate surface area is 150 Å². The van der Waals surface area contributed by atoms with Crippen molar-refractivity contribution in [1.82, 2.24) is 10.6 Å². The van der Waals surface area contributed by atoms with Crippen LogP contribution < -0.4 is 10.6 Å². The molecule has 3 rings (SSSR count). The number of benzene rings is 1. The molecule has 23 heavy (non-hydrogen) atoms. The van der Waals surface area contributed by atoms with Crippen molar-refractivity contribution < 1.29 is 9.90 Å². The van der Waals surface area contributed by atoms with E-state index in [1.807, 2.05) is 42.1 Å². The van der Waals surface area contributed by atoms with Crippen LogP contribution in [-0.2, 0) is 4.79 Å². The SMILES string of the molecule is Cl.O=C(CC1CSCCN1)NCC(O)c1cc2ccccc2s1. The van der Waals surface area contributed by atoms with Crippen molar-refractivity contribution in [1.29, 1.82) is 0 Å². The molecular formula is C16H21ClN2O2S2. The van der Waals surface area contributed by atoms with Crippen LogP contribution in [0.25, 0.3) is 10.1 Å². The Kier molecular flexibility index (Phi) is 7.17. The normalized spacial score (nSPS) is 19.1. The maximum atomic E-state index is 12.0. The molecule has 1 saturated heterocycles. The van der Waals surface area contributed by atoms with Gasteiger partial charge in [0.15, 0.2) is 0 Å². The fourth-order valence-corrected chi connectivity index (χ4v) is 4.52. The molecule has 1 amide bonds. The average molecular weight is 373 g/mol. The molecule has 2 atom stereocenters. The first kappa shape index (κ1) is 18.5. The van der Waals surface area contributed by atoms with Crippen molar-refractivity contribution in [2.45, 2.75) is 18.6 Å². The number of thioether (sulfide) groups is 1. The van der Waals surface area contributed by atoms with E-state index in [2.05, 4.69) is 10.6 Å². The topological polar surface area (TPSA) is 61.4 Å². The van der Waals surface area contributed by atoms with E-state index in [0.29, 0.717) is 6.42 Å². The van der Waals surface area contributed by atoms with E-state index in [4.69, 9.17) is 0 Å².